The largest absolute Gasteiger partial charge is 0.497 e. The first kappa shape index (κ1) is 14.7. The second-order valence-electron chi connectivity index (χ2n) is 5.04. The normalized spacial score (nSPS) is 10.1. The van der Waals surface area contributed by atoms with Crippen LogP contribution in [0.3, 0.4) is 0 Å². The molecule has 0 radical (unpaired) electrons. The molecule has 0 bridgehead atoms. The summed E-state index contributed by atoms with van der Waals surface area (Å²) in [6.07, 6.45) is 0. The Bertz CT molecular complexity index is 841. The quantitative estimate of drug-likeness (QED) is 0.784. The van der Waals surface area contributed by atoms with Crippen LogP contribution in [0.5, 0.6) is 11.5 Å². The molecule has 0 unspecified atom stereocenters. The standard InChI is InChI=1S/C19H16N2O2/c1-22-15-7-3-13(4-8-15)17-11-18(21-19(17)12-20)14-5-9-16(23-2)10-6-14/h3-11,21H,1-2H3. The van der Waals surface area contributed by atoms with Crippen LogP contribution in [0.25, 0.3) is 22.4 Å². The van der Waals surface area contributed by atoms with E-state index >= 15 is 0 Å². The predicted molar refractivity (Wildman–Crippen MR) is 89.5 cm³/mol. The average Bonchev–Trinajstić information content (AvgIpc) is 3.06. The lowest BCUT2D eigenvalue weighted by Crippen LogP contribution is -1.83. The highest BCUT2D eigenvalue weighted by Gasteiger charge is 2.11. The number of hydrogen-bond acceptors (Lipinski definition) is 3. The first-order valence-electron chi connectivity index (χ1n) is 7.17. The van der Waals surface area contributed by atoms with Gasteiger partial charge in [0.25, 0.3) is 0 Å². The summed E-state index contributed by atoms with van der Waals surface area (Å²) in [6.45, 7) is 0. The number of hydrogen-bond donors (Lipinski definition) is 1. The molecule has 0 amide bonds. The lowest BCUT2D eigenvalue weighted by Gasteiger charge is -2.02. The van der Waals surface area contributed by atoms with Crippen molar-refractivity contribution < 1.29 is 9.47 Å². The van der Waals surface area contributed by atoms with Gasteiger partial charge in [-0.3, -0.25) is 0 Å². The van der Waals surface area contributed by atoms with Gasteiger partial charge in [-0.1, -0.05) is 12.1 Å². The molecule has 23 heavy (non-hydrogen) atoms. The van der Waals surface area contributed by atoms with Crippen LogP contribution in [0.1, 0.15) is 5.69 Å². The summed E-state index contributed by atoms with van der Waals surface area (Å²) in [7, 11) is 3.27. The van der Waals surface area contributed by atoms with Crippen molar-refractivity contribution >= 4 is 0 Å². The van der Waals surface area contributed by atoms with Crippen molar-refractivity contribution in [3.8, 4) is 40.0 Å². The van der Waals surface area contributed by atoms with Crippen molar-refractivity contribution in [2.24, 2.45) is 0 Å². The number of H-pyrrole nitrogens is 1. The Balaban J connectivity index is 2.01. The first-order valence-corrected chi connectivity index (χ1v) is 7.17. The van der Waals surface area contributed by atoms with Gasteiger partial charge in [-0.05, 0) is 53.6 Å². The summed E-state index contributed by atoms with van der Waals surface area (Å²) in [4.78, 5) is 3.18. The molecule has 0 aliphatic carbocycles. The zero-order valence-electron chi connectivity index (χ0n) is 13.0. The number of nitrogens with zero attached hydrogens (tertiary/aromatic N) is 1. The van der Waals surface area contributed by atoms with E-state index in [1.165, 1.54) is 0 Å². The molecule has 0 fully saturated rings. The molecule has 3 aromatic rings. The molecule has 2 aromatic carbocycles. The predicted octanol–water partition coefficient (Wildman–Crippen LogP) is 4.24. The van der Waals surface area contributed by atoms with Gasteiger partial charge in [0.1, 0.15) is 23.3 Å². The van der Waals surface area contributed by atoms with Crippen molar-refractivity contribution in [2.75, 3.05) is 14.2 Å². The van der Waals surface area contributed by atoms with Crippen molar-refractivity contribution in [3.63, 3.8) is 0 Å². The zero-order chi connectivity index (χ0) is 16.2. The van der Waals surface area contributed by atoms with Crippen LogP contribution < -0.4 is 9.47 Å². The van der Waals surface area contributed by atoms with Gasteiger partial charge in [0, 0.05) is 11.3 Å². The molecule has 4 nitrogen and oxygen atoms in total. The number of rotatable bonds is 4. The molecule has 0 atom stereocenters. The van der Waals surface area contributed by atoms with E-state index in [0.717, 1.165) is 33.9 Å². The van der Waals surface area contributed by atoms with Gasteiger partial charge in [-0.25, -0.2) is 0 Å². The third kappa shape index (κ3) is 2.90. The van der Waals surface area contributed by atoms with Crippen molar-refractivity contribution in [2.45, 2.75) is 0 Å². The van der Waals surface area contributed by atoms with Crippen LogP contribution in [0.15, 0.2) is 54.6 Å². The van der Waals surface area contributed by atoms with E-state index in [9.17, 15) is 5.26 Å². The molecule has 114 valence electrons. The molecule has 1 heterocycles. The monoisotopic (exact) mass is 304 g/mol. The molecule has 0 aliphatic heterocycles. The lowest BCUT2D eigenvalue weighted by molar-refractivity contribution is 0.415. The molecule has 0 aliphatic rings. The second kappa shape index (κ2) is 6.29. The Morgan fingerprint density at radius 2 is 1.35 bits per heavy atom. The Morgan fingerprint density at radius 3 is 1.83 bits per heavy atom. The summed E-state index contributed by atoms with van der Waals surface area (Å²) >= 11 is 0. The number of aromatic amines is 1. The van der Waals surface area contributed by atoms with E-state index in [1.54, 1.807) is 14.2 Å². The van der Waals surface area contributed by atoms with Crippen molar-refractivity contribution in [3.05, 3.63) is 60.3 Å². The maximum Gasteiger partial charge on any atom is 0.125 e. The van der Waals surface area contributed by atoms with Gasteiger partial charge in [-0.15, -0.1) is 0 Å². The highest BCUT2D eigenvalue weighted by atomic mass is 16.5. The molecule has 4 heteroatoms. The van der Waals surface area contributed by atoms with Gasteiger partial charge in [0.15, 0.2) is 0 Å². The fraction of sp³-hybridized carbons (Fsp3) is 0.105. The zero-order valence-corrected chi connectivity index (χ0v) is 13.0. The minimum Gasteiger partial charge on any atom is -0.497 e. The molecule has 1 aromatic heterocycles. The van der Waals surface area contributed by atoms with Crippen molar-refractivity contribution in [1.82, 2.24) is 4.98 Å². The molecule has 1 N–H and O–H groups in total. The van der Waals surface area contributed by atoms with Crippen LogP contribution in [0.4, 0.5) is 0 Å². The molecular weight excluding hydrogens is 288 g/mol. The number of benzene rings is 2. The summed E-state index contributed by atoms with van der Waals surface area (Å²) in [5, 5.41) is 9.40. The highest BCUT2D eigenvalue weighted by Crippen LogP contribution is 2.31. The Labute approximate surface area is 134 Å². The minimum absolute atomic E-state index is 0.543. The Morgan fingerprint density at radius 1 is 0.826 bits per heavy atom. The van der Waals surface area contributed by atoms with Gasteiger partial charge in [0.2, 0.25) is 0 Å². The Hall–Kier alpha value is -3.19. The molecular formula is C19H16N2O2. The van der Waals surface area contributed by atoms with Gasteiger partial charge >= 0.3 is 0 Å². The number of nitrogens with one attached hydrogen (secondary N) is 1. The summed E-state index contributed by atoms with van der Waals surface area (Å²) < 4.78 is 10.3. The topological polar surface area (TPSA) is 58.0 Å². The summed E-state index contributed by atoms with van der Waals surface area (Å²) in [5.41, 5.74) is 4.29. The highest BCUT2D eigenvalue weighted by molar-refractivity contribution is 5.76. The van der Waals surface area contributed by atoms with Crippen LogP contribution in [-0.4, -0.2) is 19.2 Å². The minimum atomic E-state index is 0.543. The van der Waals surface area contributed by atoms with Crippen LogP contribution in [0, 0.1) is 11.3 Å². The van der Waals surface area contributed by atoms with E-state index in [4.69, 9.17) is 9.47 Å². The Kier molecular flexibility index (Phi) is 4.03. The van der Waals surface area contributed by atoms with Crippen molar-refractivity contribution in [1.29, 1.82) is 5.26 Å². The maximum atomic E-state index is 9.40. The smallest absolute Gasteiger partial charge is 0.125 e. The van der Waals surface area contributed by atoms with Crippen LogP contribution in [-0.2, 0) is 0 Å². The molecule has 0 spiro atoms. The third-order valence-corrected chi connectivity index (χ3v) is 3.73. The average molecular weight is 304 g/mol. The number of aromatic nitrogens is 1. The van der Waals surface area contributed by atoms with Gasteiger partial charge < -0.3 is 14.5 Å². The number of nitriles is 1. The third-order valence-electron chi connectivity index (χ3n) is 3.73. The van der Waals surface area contributed by atoms with Crippen LogP contribution >= 0.6 is 0 Å². The van der Waals surface area contributed by atoms with E-state index in [2.05, 4.69) is 11.1 Å². The van der Waals surface area contributed by atoms with E-state index in [0.29, 0.717) is 5.69 Å². The van der Waals surface area contributed by atoms with E-state index < -0.39 is 0 Å². The van der Waals surface area contributed by atoms with E-state index in [-0.39, 0.29) is 0 Å². The molecule has 3 rings (SSSR count). The van der Waals surface area contributed by atoms with Crippen LogP contribution in [0.2, 0.25) is 0 Å². The molecule has 0 saturated carbocycles. The van der Waals surface area contributed by atoms with E-state index in [1.807, 2.05) is 54.6 Å². The maximum absolute atomic E-state index is 9.40. The molecule has 0 saturated heterocycles. The fourth-order valence-electron chi connectivity index (χ4n) is 2.47. The number of ether oxygens (including phenoxy) is 2. The fourth-order valence-corrected chi connectivity index (χ4v) is 2.47. The van der Waals surface area contributed by atoms with Gasteiger partial charge in [0.05, 0.1) is 14.2 Å². The van der Waals surface area contributed by atoms with Gasteiger partial charge in [-0.2, -0.15) is 5.26 Å². The summed E-state index contributed by atoms with van der Waals surface area (Å²) in [6, 6.07) is 19.6. The second-order valence-corrected chi connectivity index (χ2v) is 5.04. The lowest BCUT2D eigenvalue weighted by atomic mass is 10.0. The first-order chi connectivity index (χ1) is 11.2. The summed E-state index contributed by atoms with van der Waals surface area (Å²) in [5.74, 6) is 1.59. The SMILES string of the molecule is COc1ccc(-c2cc(-c3ccc(OC)cc3)c(C#N)[nH]2)cc1. The number of methoxy groups -OCH3 is 2.